The van der Waals surface area contributed by atoms with Crippen LogP contribution in [0.5, 0.6) is 5.75 Å². The highest BCUT2D eigenvalue weighted by Crippen LogP contribution is 2.30. The first-order valence-corrected chi connectivity index (χ1v) is 16.2. The molecule has 1 aliphatic heterocycles. The predicted molar refractivity (Wildman–Crippen MR) is 171 cm³/mol. The molecule has 5 rings (SSSR count). The zero-order valence-electron chi connectivity index (χ0n) is 24.7. The molecule has 0 atom stereocenters. The van der Waals surface area contributed by atoms with Crippen molar-refractivity contribution in [2.75, 3.05) is 38.1 Å². The largest absolute Gasteiger partial charge is 0.494 e. The summed E-state index contributed by atoms with van der Waals surface area (Å²) in [7, 11) is -3.68. The fraction of sp³-hybridized carbons (Fsp3) is 0.286. The molecule has 224 valence electrons. The van der Waals surface area contributed by atoms with Gasteiger partial charge in [-0.1, -0.05) is 74.5 Å². The maximum Gasteiger partial charge on any atom is 0.255 e. The van der Waals surface area contributed by atoms with Crippen molar-refractivity contribution in [2.24, 2.45) is 5.92 Å². The highest BCUT2D eigenvalue weighted by atomic mass is 32.2. The van der Waals surface area contributed by atoms with Gasteiger partial charge in [-0.05, 0) is 72.0 Å². The van der Waals surface area contributed by atoms with Gasteiger partial charge in [0.2, 0.25) is 10.0 Å². The van der Waals surface area contributed by atoms with Gasteiger partial charge in [0, 0.05) is 37.4 Å². The number of ether oxygens (including phenoxy) is 1. The van der Waals surface area contributed by atoms with Gasteiger partial charge in [-0.3, -0.25) is 9.69 Å². The van der Waals surface area contributed by atoms with Gasteiger partial charge in [-0.25, -0.2) is 8.42 Å². The smallest absolute Gasteiger partial charge is 0.255 e. The first-order chi connectivity index (χ1) is 20.8. The lowest BCUT2D eigenvalue weighted by Crippen LogP contribution is -2.49. The van der Waals surface area contributed by atoms with Crippen LogP contribution in [0.1, 0.15) is 47.8 Å². The summed E-state index contributed by atoms with van der Waals surface area (Å²) in [5.74, 6) is 1.02. The molecule has 0 spiro atoms. The van der Waals surface area contributed by atoms with Crippen molar-refractivity contribution in [1.82, 2.24) is 9.21 Å². The molecule has 8 heteroatoms. The Morgan fingerprint density at radius 2 is 1.33 bits per heavy atom. The van der Waals surface area contributed by atoms with Crippen LogP contribution in [0.4, 0.5) is 5.69 Å². The van der Waals surface area contributed by atoms with Crippen LogP contribution in [0.3, 0.4) is 0 Å². The molecule has 4 aromatic rings. The van der Waals surface area contributed by atoms with Gasteiger partial charge in [0.15, 0.2) is 0 Å². The van der Waals surface area contributed by atoms with Gasteiger partial charge < -0.3 is 10.1 Å². The SMILES string of the molecule is CC(C)CCOc1ccc(C(=O)Nc2ccc(S(=O)(=O)N3CCN(C(c4ccccc4)c4ccccc4)CC3)cc2)cc1. The summed E-state index contributed by atoms with van der Waals surface area (Å²) in [6, 6.07) is 34.1. The quantitative estimate of drug-likeness (QED) is 0.215. The van der Waals surface area contributed by atoms with Gasteiger partial charge in [-0.2, -0.15) is 4.31 Å². The number of carbonyl (C=O) groups excluding carboxylic acids is 1. The molecule has 1 N–H and O–H groups in total. The molecule has 7 nitrogen and oxygen atoms in total. The van der Waals surface area contributed by atoms with Crippen molar-refractivity contribution < 1.29 is 17.9 Å². The first kappa shape index (κ1) is 30.5. The van der Waals surface area contributed by atoms with E-state index in [0.29, 0.717) is 50.0 Å². The summed E-state index contributed by atoms with van der Waals surface area (Å²) in [4.78, 5) is 15.3. The number of benzene rings is 4. The van der Waals surface area contributed by atoms with E-state index in [1.807, 2.05) is 36.4 Å². The standard InChI is InChI=1S/C35H39N3O4S/c1-27(2)21-26-42-32-17-13-30(14-18-32)35(39)36-31-15-19-33(20-16-31)43(40,41)38-24-22-37(23-25-38)34(28-9-5-3-6-10-28)29-11-7-4-8-12-29/h3-20,27,34H,21-26H2,1-2H3,(H,36,39). The van der Waals surface area contributed by atoms with Crippen LogP contribution in [0.15, 0.2) is 114 Å². The molecule has 1 saturated heterocycles. The molecule has 43 heavy (non-hydrogen) atoms. The summed E-state index contributed by atoms with van der Waals surface area (Å²) in [6.07, 6.45) is 0.965. The Morgan fingerprint density at radius 3 is 1.86 bits per heavy atom. The molecule has 0 aromatic heterocycles. The zero-order valence-corrected chi connectivity index (χ0v) is 25.5. The average Bonchev–Trinajstić information content (AvgIpc) is 3.03. The molecular formula is C35H39N3O4S. The third-order valence-corrected chi connectivity index (χ3v) is 9.61. The fourth-order valence-electron chi connectivity index (χ4n) is 5.26. The highest BCUT2D eigenvalue weighted by Gasteiger charge is 2.32. The van der Waals surface area contributed by atoms with Gasteiger partial charge in [-0.15, -0.1) is 0 Å². The van der Waals surface area contributed by atoms with Crippen LogP contribution in [0, 0.1) is 5.92 Å². The minimum absolute atomic E-state index is 0.0590. The van der Waals surface area contributed by atoms with Crippen molar-refractivity contribution >= 4 is 21.6 Å². The van der Waals surface area contributed by atoms with Crippen LogP contribution in [-0.2, 0) is 10.0 Å². The number of nitrogens with zero attached hydrogens (tertiary/aromatic N) is 2. The number of anilines is 1. The minimum atomic E-state index is -3.68. The molecule has 1 amide bonds. The second-order valence-corrected chi connectivity index (χ2v) is 13.1. The zero-order chi connectivity index (χ0) is 30.2. The molecule has 1 heterocycles. The fourth-order valence-corrected chi connectivity index (χ4v) is 6.69. The van der Waals surface area contributed by atoms with Gasteiger partial charge in [0.1, 0.15) is 5.75 Å². The molecule has 0 unspecified atom stereocenters. The maximum absolute atomic E-state index is 13.5. The molecule has 0 bridgehead atoms. The molecule has 0 radical (unpaired) electrons. The lowest BCUT2D eigenvalue weighted by Gasteiger charge is -2.39. The monoisotopic (exact) mass is 597 g/mol. The summed E-state index contributed by atoms with van der Waals surface area (Å²) in [6.45, 7) is 6.95. The third-order valence-electron chi connectivity index (χ3n) is 7.70. The maximum atomic E-state index is 13.5. The molecule has 0 aliphatic carbocycles. The highest BCUT2D eigenvalue weighted by molar-refractivity contribution is 7.89. The molecule has 4 aromatic carbocycles. The topological polar surface area (TPSA) is 78.9 Å². The molecule has 1 aliphatic rings. The van der Waals surface area contributed by atoms with Crippen molar-refractivity contribution in [1.29, 1.82) is 0 Å². The number of carbonyl (C=O) groups is 1. The van der Waals surface area contributed by atoms with E-state index in [0.717, 1.165) is 12.2 Å². The summed E-state index contributed by atoms with van der Waals surface area (Å²) >= 11 is 0. The number of hydrogen-bond acceptors (Lipinski definition) is 5. The van der Waals surface area contributed by atoms with Gasteiger partial charge in [0.05, 0.1) is 17.5 Å². The number of hydrogen-bond donors (Lipinski definition) is 1. The van der Waals surface area contributed by atoms with Crippen LogP contribution in [0.25, 0.3) is 0 Å². The molecule has 0 saturated carbocycles. The normalized spacial score (nSPS) is 14.6. The lowest BCUT2D eigenvalue weighted by atomic mass is 9.96. The Hall–Kier alpha value is -3.98. The second kappa shape index (κ2) is 14.0. The van der Waals surface area contributed by atoms with E-state index < -0.39 is 10.0 Å². The van der Waals surface area contributed by atoms with E-state index in [1.54, 1.807) is 52.8 Å². The number of rotatable bonds is 11. The predicted octanol–water partition coefficient (Wildman–Crippen LogP) is 6.46. The molecule has 1 fully saturated rings. The molecular weight excluding hydrogens is 558 g/mol. The summed E-state index contributed by atoms with van der Waals surface area (Å²) in [5, 5.41) is 2.85. The van der Waals surface area contributed by atoms with Crippen molar-refractivity contribution in [3.05, 3.63) is 126 Å². The van der Waals surface area contributed by atoms with Crippen molar-refractivity contribution in [3.63, 3.8) is 0 Å². The Labute approximate surface area is 255 Å². The van der Waals surface area contributed by atoms with E-state index in [1.165, 1.54) is 11.1 Å². The Bertz CT molecular complexity index is 1530. The Morgan fingerprint density at radius 1 is 0.767 bits per heavy atom. The summed E-state index contributed by atoms with van der Waals surface area (Å²) < 4.78 is 34.3. The van der Waals surface area contributed by atoms with Gasteiger partial charge >= 0.3 is 0 Å². The van der Waals surface area contributed by atoms with Crippen molar-refractivity contribution in [2.45, 2.75) is 31.2 Å². The van der Waals surface area contributed by atoms with E-state index in [9.17, 15) is 13.2 Å². The third kappa shape index (κ3) is 7.70. The van der Waals surface area contributed by atoms with Crippen LogP contribution in [-0.4, -0.2) is 56.3 Å². The number of nitrogens with one attached hydrogen (secondary N) is 1. The van der Waals surface area contributed by atoms with E-state index in [4.69, 9.17) is 4.74 Å². The Balaban J connectivity index is 1.19. The van der Waals surface area contributed by atoms with E-state index in [-0.39, 0.29) is 16.8 Å². The number of sulfonamides is 1. The van der Waals surface area contributed by atoms with Gasteiger partial charge in [0.25, 0.3) is 5.91 Å². The van der Waals surface area contributed by atoms with Crippen LogP contribution >= 0.6 is 0 Å². The van der Waals surface area contributed by atoms with E-state index >= 15 is 0 Å². The first-order valence-electron chi connectivity index (χ1n) is 14.8. The van der Waals surface area contributed by atoms with Crippen molar-refractivity contribution in [3.8, 4) is 5.75 Å². The van der Waals surface area contributed by atoms with Crippen LogP contribution in [0.2, 0.25) is 0 Å². The van der Waals surface area contributed by atoms with E-state index in [2.05, 4.69) is 48.3 Å². The van der Waals surface area contributed by atoms with Crippen LogP contribution < -0.4 is 10.1 Å². The Kier molecular flexibility index (Phi) is 9.92. The minimum Gasteiger partial charge on any atom is -0.494 e. The average molecular weight is 598 g/mol. The summed E-state index contributed by atoms with van der Waals surface area (Å²) in [5.41, 5.74) is 3.40. The lowest BCUT2D eigenvalue weighted by molar-refractivity contribution is 0.102. The second-order valence-electron chi connectivity index (χ2n) is 11.2. The number of amides is 1. The number of piperazine rings is 1.